The summed E-state index contributed by atoms with van der Waals surface area (Å²) < 4.78 is 37.9. The van der Waals surface area contributed by atoms with Crippen molar-refractivity contribution in [3.05, 3.63) is 22.4 Å². The van der Waals surface area contributed by atoms with Gasteiger partial charge in [-0.2, -0.15) is 13.2 Å². The molecule has 0 aromatic carbocycles. The second-order valence-corrected chi connectivity index (χ2v) is 8.55. The third-order valence-electron chi connectivity index (χ3n) is 5.69. The van der Waals surface area contributed by atoms with Gasteiger partial charge in [-0.3, -0.25) is 9.69 Å². The Labute approximate surface area is 171 Å². The van der Waals surface area contributed by atoms with Gasteiger partial charge in [0, 0.05) is 23.5 Å². The van der Waals surface area contributed by atoms with E-state index in [2.05, 4.69) is 16.3 Å². The Balaban J connectivity index is 0.000000298. The standard InChI is InChI=1S/C17H24N2O2S.C2HF3O2/c20-17(18-11-13-5-2-10-22-13)16-7-6-14-15(21-16)8-9-19(14)12-3-1-4-12;3-2(4,5)1(6)7/h2,5,10,12,14-16H,1,3-4,6-9,11H2,(H,18,20);(H,6,7)/t14-,15-,16+;/m1./s1. The molecule has 162 valence electrons. The molecule has 3 atom stereocenters. The van der Waals surface area contributed by atoms with E-state index in [1.54, 1.807) is 11.3 Å². The van der Waals surface area contributed by atoms with E-state index >= 15 is 0 Å². The van der Waals surface area contributed by atoms with E-state index in [0.29, 0.717) is 12.6 Å². The fraction of sp³-hybridized carbons (Fsp3) is 0.684. The molecule has 3 aliphatic rings. The number of carbonyl (C=O) groups is 2. The molecule has 1 amide bonds. The number of carbonyl (C=O) groups excluding carboxylic acids is 1. The van der Waals surface area contributed by atoms with Gasteiger partial charge in [-0.25, -0.2) is 4.79 Å². The van der Waals surface area contributed by atoms with Crippen molar-refractivity contribution in [3.8, 4) is 0 Å². The Morgan fingerprint density at radius 2 is 1.97 bits per heavy atom. The van der Waals surface area contributed by atoms with Crippen LogP contribution < -0.4 is 5.32 Å². The highest BCUT2D eigenvalue weighted by Crippen LogP contribution is 2.37. The first-order valence-corrected chi connectivity index (χ1v) is 10.6. The largest absolute Gasteiger partial charge is 0.490 e. The Bertz CT molecular complexity index is 694. The van der Waals surface area contributed by atoms with Gasteiger partial charge in [0.1, 0.15) is 6.10 Å². The number of aliphatic carboxylic acids is 1. The van der Waals surface area contributed by atoms with E-state index in [1.807, 2.05) is 11.4 Å². The zero-order chi connectivity index (χ0) is 21.0. The van der Waals surface area contributed by atoms with Crippen LogP contribution in [0.5, 0.6) is 0 Å². The van der Waals surface area contributed by atoms with Gasteiger partial charge < -0.3 is 15.2 Å². The highest BCUT2D eigenvalue weighted by molar-refractivity contribution is 7.09. The van der Waals surface area contributed by atoms with Crippen LogP contribution in [0.15, 0.2) is 17.5 Å². The number of rotatable bonds is 4. The van der Waals surface area contributed by atoms with Crippen LogP contribution >= 0.6 is 11.3 Å². The summed E-state index contributed by atoms with van der Waals surface area (Å²) in [5.41, 5.74) is 0. The molecule has 6 nitrogen and oxygen atoms in total. The SMILES string of the molecule is O=C(NCc1cccs1)[C@@H]1CC[C@@H]2[C@@H](CCN2C2CCC2)O1.O=C(O)C(F)(F)F. The normalized spacial score (nSPS) is 27.3. The number of carboxylic acid groups (broad SMARTS) is 1. The van der Waals surface area contributed by atoms with E-state index in [9.17, 15) is 18.0 Å². The second-order valence-electron chi connectivity index (χ2n) is 7.52. The van der Waals surface area contributed by atoms with Crippen LogP contribution in [0.2, 0.25) is 0 Å². The molecule has 4 rings (SSSR count). The number of likely N-dealkylation sites (tertiary alicyclic amines) is 1. The number of ether oxygens (including phenoxy) is 1. The van der Waals surface area contributed by atoms with Crippen molar-refractivity contribution >= 4 is 23.2 Å². The number of nitrogens with one attached hydrogen (secondary N) is 1. The van der Waals surface area contributed by atoms with Crippen molar-refractivity contribution in [1.29, 1.82) is 0 Å². The minimum Gasteiger partial charge on any atom is -0.475 e. The lowest BCUT2D eigenvalue weighted by Crippen LogP contribution is -2.51. The van der Waals surface area contributed by atoms with Crippen molar-refractivity contribution < 1.29 is 32.6 Å². The van der Waals surface area contributed by atoms with Gasteiger partial charge >= 0.3 is 12.1 Å². The zero-order valence-electron chi connectivity index (χ0n) is 15.9. The minimum atomic E-state index is -5.08. The first kappa shape index (κ1) is 22.0. The minimum absolute atomic E-state index is 0.0638. The molecule has 0 bridgehead atoms. The summed E-state index contributed by atoms with van der Waals surface area (Å²) in [5.74, 6) is -2.69. The lowest BCUT2D eigenvalue weighted by molar-refractivity contribution is -0.192. The smallest absolute Gasteiger partial charge is 0.475 e. The number of thiophene rings is 1. The van der Waals surface area contributed by atoms with Gasteiger partial charge in [-0.15, -0.1) is 11.3 Å². The topological polar surface area (TPSA) is 78.9 Å². The maximum absolute atomic E-state index is 12.3. The van der Waals surface area contributed by atoms with Gasteiger partial charge in [-0.1, -0.05) is 12.5 Å². The average Bonchev–Trinajstić information content (AvgIpc) is 3.28. The number of halogens is 3. The molecule has 29 heavy (non-hydrogen) atoms. The van der Waals surface area contributed by atoms with Crippen LogP contribution in [0.4, 0.5) is 13.2 Å². The number of fused-ring (bicyclic) bond motifs is 1. The van der Waals surface area contributed by atoms with Gasteiger partial charge in [0.25, 0.3) is 0 Å². The van der Waals surface area contributed by atoms with Crippen LogP contribution in [0.3, 0.4) is 0 Å². The van der Waals surface area contributed by atoms with Crippen LogP contribution in [-0.4, -0.2) is 58.9 Å². The molecule has 10 heteroatoms. The molecule has 3 heterocycles. The van der Waals surface area contributed by atoms with Crippen molar-refractivity contribution in [2.75, 3.05) is 6.54 Å². The average molecular weight is 434 g/mol. The summed E-state index contributed by atoms with van der Waals surface area (Å²) in [6.07, 6.45) is 2.10. The van der Waals surface area contributed by atoms with E-state index < -0.39 is 12.1 Å². The van der Waals surface area contributed by atoms with Crippen LogP contribution in [-0.2, 0) is 20.9 Å². The Morgan fingerprint density at radius 3 is 2.52 bits per heavy atom. The van der Waals surface area contributed by atoms with Crippen molar-refractivity contribution in [1.82, 2.24) is 10.2 Å². The fourth-order valence-electron chi connectivity index (χ4n) is 4.03. The highest BCUT2D eigenvalue weighted by atomic mass is 32.1. The number of amides is 1. The summed E-state index contributed by atoms with van der Waals surface area (Å²) in [5, 5.41) is 12.2. The van der Waals surface area contributed by atoms with Gasteiger partial charge in [0.05, 0.1) is 12.6 Å². The molecular formula is C19H25F3N2O4S. The Hall–Kier alpha value is -1.65. The first-order chi connectivity index (χ1) is 13.8. The molecule has 2 saturated heterocycles. The molecule has 0 spiro atoms. The van der Waals surface area contributed by atoms with Gasteiger partial charge in [-0.05, 0) is 43.6 Å². The monoisotopic (exact) mass is 434 g/mol. The highest BCUT2D eigenvalue weighted by Gasteiger charge is 2.44. The van der Waals surface area contributed by atoms with Crippen LogP contribution in [0.25, 0.3) is 0 Å². The summed E-state index contributed by atoms with van der Waals surface area (Å²) in [6.45, 7) is 1.78. The lowest BCUT2D eigenvalue weighted by Gasteiger charge is -2.42. The van der Waals surface area contributed by atoms with Crippen LogP contribution in [0, 0.1) is 0 Å². The van der Waals surface area contributed by atoms with Gasteiger partial charge in [0.15, 0.2) is 0 Å². The first-order valence-electron chi connectivity index (χ1n) is 9.77. The maximum Gasteiger partial charge on any atom is 0.490 e. The van der Waals surface area contributed by atoms with E-state index in [0.717, 1.165) is 31.8 Å². The Kier molecular flexibility index (Phi) is 7.18. The van der Waals surface area contributed by atoms with E-state index in [1.165, 1.54) is 24.1 Å². The summed E-state index contributed by atoms with van der Waals surface area (Å²) in [4.78, 5) is 25.1. The summed E-state index contributed by atoms with van der Waals surface area (Å²) >= 11 is 1.68. The van der Waals surface area contributed by atoms with E-state index in [-0.39, 0.29) is 18.1 Å². The molecular weight excluding hydrogens is 409 g/mol. The molecule has 1 aromatic heterocycles. The quantitative estimate of drug-likeness (QED) is 0.761. The fourth-order valence-corrected chi connectivity index (χ4v) is 4.67. The number of hydrogen-bond acceptors (Lipinski definition) is 5. The number of alkyl halides is 3. The maximum atomic E-state index is 12.3. The Morgan fingerprint density at radius 1 is 1.24 bits per heavy atom. The predicted octanol–water partition coefficient (Wildman–Crippen LogP) is 3.17. The molecule has 0 radical (unpaired) electrons. The zero-order valence-corrected chi connectivity index (χ0v) is 16.7. The van der Waals surface area contributed by atoms with Crippen molar-refractivity contribution in [3.63, 3.8) is 0 Å². The molecule has 2 N–H and O–H groups in total. The summed E-state index contributed by atoms with van der Waals surface area (Å²) in [6, 6.07) is 5.42. The predicted molar refractivity (Wildman–Crippen MR) is 101 cm³/mol. The number of hydrogen-bond donors (Lipinski definition) is 2. The number of carboxylic acids is 1. The lowest BCUT2D eigenvalue weighted by atomic mass is 9.89. The second kappa shape index (κ2) is 9.44. The molecule has 1 aliphatic carbocycles. The molecule has 3 fully saturated rings. The third-order valence-corrected chi connectivity index (χ3v) is 6.56. The summed E-state index contributed by atoms with van der Waals surface area (Å²) in [7, 11) is 0. The molecule has 1 saturated carbocycles. The van der Waals surface area contributed by atoms with E-state index in [4.69, 9.17) is 14.6 Å². The van der Waals surface area contributed by atoms with Crippen LogP contribution in [0.1, 0.15) is 43.4 Å². The van der Waals surface area contributed by atoms with Gasteiger partial charge in [0.2, 0.25) is 5.91 Å². The molecule has 0 unspecified atom stereocenters. The number of nitrogens with zero attached hydrogens (tertiary/aromatic N) is 1. The van der Waals surface area contributed by atoms with Crippen molar-refractivity contribution in [2.24, 2.45) is 0 Å². The van der Waals surface area contributed by atoms with Crippen molar-refractivity contribution in [2.45, 2.75) is 75.5 Å². The third kappa shape index (κ3) is 5.70. The molecule has 2 aliphatic heterocycles. The molecule has 1 aromatic rings.